The van der Waals surface area contributed by atoms with Gasteiger partial charge in [0.05, 0.1) is 7.11 Å². The second kappa shape index (κ2) is 4.35. The predicted molar refractivity (Wildman–Crippen MR) is 53.9 cm³/mol. The molecule has 0 spiro atoms. The van der Waals surface area contributed by atoms with Gasteiger partial charge in [-0.25, -0.2) is 0 Å². The van der Waals surface area contributed by atoms with Crippen molar-refractivity contribution in [2.45, 2.75) is 13.3 Å². The quantitative estimate of drug-likeness (QED) is 0.577. The Bertz CT molecular complexity index is 325. The van der Waals surface area contributed by atoms with Gasteiger partial charge in [0.15, 0.2) is 11.5 Å². The van der Waals surface area contributed by atoms with Crippen LogP contribution in [0.5, 0.6) is 11.5 Å². The minimum Gasteiger partial charge on any atom is -0.505 e. The van der Waals surface area contributed by atoms with E-state index in [1.807, 2.05) is 6.92 Å². The van der Waals surface area contributed by atoms with Gasteiger partial charge in [0.2, 0.25) is 0 Å². The molecule has 76 valence electrons. The predicted octanol–water partition coefficient (Wildman–Crippen LogP) is -0.357. The van der Waals surface area contributed by atoms with E-state index in [1.54, 1.807) is 12.1 Å². The molecule has 0 aliphatic carbocycles. The summed E-state index contributed by atoms with van der Waals surface area (Å²) in [6.07, 6.45) is 0.732. The fraction of sp³-hybridized carbons (Fsp3) is 0.333. The maximum Gasteiger partial charge on any atom is 0.492 e. The second-order valence-corrected chi connectivity index (χ2v) is 2.96. The SMILES string of the molecule is CCc1cc(OC)c(O)c(B(O)O)c1. The van der Waals surface area contributed by atoms with E-state index in [2.05, 4.69) is 0 Å². The smallest absolute Gasteiger partial charge is 0.492 e. The van der Waals surface area contributed by atoms with Crippen LogP contribution in [0, 0.1) is 0 Å². The number of phenolic OH excluding ortho intramolecular Hbond substituents is 1. The standard InChI is InChI=1S/C9H13BO4/c1-3-6-4-7(10(12)13)9(11)8(5-6)14-2/h4-5,11-13H,3H2,1-2H3. The molecule has 0 saturated heterocycles. The molecular weight excluding hydrogens is 183 g/mol. The third-order valence-electron chi connectivity index (χ3n) is 2.07. The molecule has 1 aromatic carbocycles. The molecule has 3 N–H and O–H groups in total. The van der Waals surface area contributed by atoms with E-state index in [-0.39, 0.29) is 17.0 Å². The Morgan fingerprint density at radius 2 is 2.00 bits per heavy atom. The van der Waals surface area contributed by atoms with Crippen LogP contribution < -0.4 is 10.2 Å². The lowest BCUT2D eigenvalue weighted by Crippen LogP contribution is -2.30. The second-order valence-electron chi connectivity index (χ2n) is 2.96. The zero-order valence-electron chi connectivity index (χ0n) is 8.19. The highest BCUT2D eigenvalue weighted by molar-refractivity contribution is 6.59. The van der Waals surface area contributed by atoms with Gasteiger partial charge in [-0.1, -0.05) is 13.0 Å². The van der Waals surface area contributed by atoms with E-state index in [0.717, 1.165) is 12.0 Å². The molecule has 0 saturated carbocycles. The zero-order chi connectivity index (χ0) is 10.7. The molecule has 0 radical (unpaired) electrons. The molecule has 0 unspecified atom stereocenters. The number of aryl methyl sites for hydroxylation is 1. The lowest BCUT2D eigenvalue weighted by Gasteiger charge is -2.10. The van der Waals surface area contributed by atoms with Gasteiger partial charge in [0.25, 0.3) is 0 Å². The monoisotopic (exact) mass is 196 g/mol. The van der Waals surface area contributed by atoms with Crippen LogP contribution in [0.25, 0.3) is 0 Å². The van der Waals surface area contributed by atoms with Gasteiger partial charge in [0.1, 0.15) is 0 Å². The van der Waals surface area contributed by atoms with Crippen LogP contribution in [0.15, 0.2) is 12.1 Å². The van der Waals surface area contributed by atoms with Crippen molar-refractivity contribution in [3.8, 4) is 11.5 Å². The summed E-state index contributed by atoms with van der Waals surface area (Å²) in [5, 5.41) is 27.5. The lowest BCUT2D eigenvalue weighted by molar-refractivity contribution is 0.371. The van der Waals surface area contributed by atoms with E-state index < -0.39 is 7.12 Å². The highest BCUT2D eigenvalue weighted by atomic mass is 16.5. The number of methoxy groups -OCH3 is 1. The Morgan fingerprint density at radius 3 is 2.43 bits per heavy atom. The molecule has 0 aliphatic heterocycles. The molecule has 0 aromatic heterocycles. The van der Waals surface area contributed by atoms with Gasteiger partial charge >= 0.3 is 7.12 Å². The summed E-state index contributed by atoms with van der Waals surface area (Å²) in [7, 11) is -0.266. The van der Waals surface area contributed by atoms with Gasteiger partial charge in [-0.05, 0) is 18.1 Å². The van der Waals surface area contributed by atoms with E-state index in [1.165, 1.54) is 7.11 Å². The van der Waals surface area contributed by atoms with Crippen molar-refractivity contribution in [3.63, 3.8) is 0 Å². The minimum absolute atomic E-state index is 0.0706. The van der Waals surface area contributed by atoms with Crippen LogP contribution in [-0.2, 0) is 6.42 Å². The molecular formula is C9H13BO4. The van der Waals surface area contributed by atoms with Crippen molar-refractivity contribution in [3.05, 3.63) is 17.7 Å². The van der Waals surface area contributed by atoms with Crippen molar-refractivity contribution >= 4 is 12.6 Å². The fourth-order valence-electron chi connectivity index (χ4n) is 1.25. The zero-order valence-corrected chi connectivity index (χ0v) is 8.19. The van der Waals surface area contributed by atoms with E-state index >= 15 is 0 Å². The summed E-state index contributed by atoms with van der Waals surface area (Å²) in [5.74, 6) is 0.0344. The Morgan fingerprint density at radius 1 is 1.36 bits per heavy atom. The van der Waals surface area contributed by atoms with Crippen LogP contribution in [0.4, 0.5) is 0 Å². The number of benzene rings is 1. The highest BCUT2D eigenvalue weighted by Crippen LogP contribution is 2.25. The van der Waals surface area contributed by atoms with Crippen molar-refractivity contribution in [1.29, 1.82) is 0 Å². The number of rotatable bonds is 3. The average molecular weight is 196 g/mol. The van der Waals surface area contributed by atoms with Crippen molar-refractivity contribution in [2.24, 2.45) is 0 Å². The van der Waals surface area contributed by atoms with Crippen molar-refractivity contribution in [2.75, 3.05) is 7.11 Å². The summed E-state index contributed by atoms with van der Waals surface area (Å²) in [6, 6.07) is 3.21. The Balaban J connectivity index is 3.27. The number of hydrogen-bond acceptors (Lipinski definition) is 4. The maximum atomic E-state index is 9.53. The van der Waals surface area contributed by atoms with Gasteiger partial charge in [-0.2, -0.15) is 0 Å². The normalized spacial score (nSPS) is 10.0. The molecule has 1 rings (SSSR count). The van der Waals surface area contributed by atoms with Crippen LogP contribution in [-0.4, -0.2) is 29.4 Å². The van der Waals surface area contributed by atoms with Gasteiger partial charge < -0.3 is 19.9 Å². The van der Waals surface area contributed by atoms with Crippen molar-refractivity contribution < 1.29 is 19.9 Å². The first-order valence-electron chi connectivity index (χ1n) is 4.36. The minimum atomic E-state index is -1.68. The molecule has 0 bridgehead atoms. The van der Waals surface area contributed by atoms with E-state index in [9.17, 15) is 5.11 Å². The third-order valence-corrected chi connectivity index (χ3v) is 2.07. The first kappa shape index (κ1) is 10.9. The molecule has 0 heterocycles. The molecule has 14 heavy (non-hydrogen) atoms. The molecule has 1 aromatic rings. The summed E-state index contributed by atoms with van der Waals surface area (Å²) in [6.45, 7) is 1.93. The highest BCUT2D eigenvalue weighted by Gasteiger charge is 2.19. The third kappa shape index (κ3) is 2.00. The number of ether oxygens (including phenoxy) is 1. The van der Waals surface area contributed by atoms with Crippen molar-refractivity contribution in [1.82, 2.24) is 0 Å². The summed E-state index contributed by atoms with van der Waals surface area (Å²) in [4.78, 5) is 0. The molecule has 0 amide bonds. The first-order valence-corrected chi connectivity index (χ1v) is 4.36. The van der Waals surface area contributed by atoms with E-state index in [4.69, 9.17) is 14.8 Å². The van der Waals surface area contributed by atoms with Gasteiger partial charge in [-0.3, -0.25) is 0 Å². The Labute approximate surface area is 82.9 Å². The Kier molecular flexibility index (Phi) is 3.38. The molecule has 0 aliphatic rings. The van der Waals surface area contributed by atoms with Crippen LogP contribution >= 0.6 is 0 Å². The van der Waals surface area contributed by atoms with E-state index in [0.29, 0.717) is 0 Å². The number of hydrogen-bond donors (Lipinski definition) is 3. The summed E-state index contributed by atoms with van der Waals surface area (Å²) >= 11 is 0. The molecule has 0 atom stereocenters. The lowest BCUT2D eigenvalue weighted by atomic mass is 9.78. The van der Waals surface area contributed by atoms with Crippen LogP contribution in [0.2, 0.25) is 0 Å². The Hall–Kier alpha value is -1.20. The van der Waals surface area contributed by atoms with Crippen LogP contribution in [0.3, 0.4) is 0 Å². The summed E-state index contributed by atoms with van der Waals surface area (Å²) in [5.41, 5.74) is 0.948. The van der Waals surface area contributed by atoms with Gasteiger partial charge in [0, 0.05) is 5.46 Å². The van der Waals surface area contributed by atoms with Crippen LogP contribution in [0.1, 0.15) is 12.5 Å². The maximum absolute atomic E-state index is 9.53. The number of phenols is 1. The first-order chi connectivity index (χ1) is 6.60. The summed E-state index contributed by atoms with van der Waals surface area (Å²) < 4.78 is 4.91. The largest absolute Gasteiger partial charge is 0.505 e. The average Bonchev–Trinajstić information content (AvgIpc) is 2.17. The number of aromatic hydroxyl groups is 1. The van der Waals surface area contributed by atoms with Gasteiger partial charge in [-0.15, -0.1) is 0 Å². The topological polar surface area (TPSA) is 69.9 Å². The fourth-order valence-corrected chi connectivity index (χ4v) is 1.25. The molecule has 5 heteroatoms. The molecule has 4 nitrogen and oxygen atoms in total. The molecule has 0 fully saturated rings.